The Morgan fingerprint density at radius 1 is 1.16 bits per heavy atom. The fourth-order valence-corrected chi connectivity index (χ4v) is 1.43. The summed E-state index contributed by atoms with van der Waals surface area (Å²) in [6, 6.07) is 10.3. The van der Waals surface area contributed by atoms with Gasteiger partial charge in [0.05, 0.1) is 0 Å². The first-order valence-corrected chi connectivity index (χ1v) is 6.14. The van der Waals surface area contributed by atoms with Gasteiger partial charge in [0.2, 0.25) is 0 Å². The first-order chi connectivity index (χ1) is 9.13. The van der Waals surface area contributed by atoms with E-state index in [0.717, 1.165) is 18.9 Å². The summed E-state index contributed by atoms with van der Waals surface area (Å²) in [5.41, 5.74) is 13.6. The molecule has 0 fully saturated rings. The number of rotatable bonds is 6. The van der Waals surface area contributed by atoms with Crippen molar-refractivity contribution in [3.05, 3.63) is 54.1 Å². The molecule has 0 radical (unpaired) electrons. The number of aliphatic carboxylic acids is 1. The highest BCUT2D eigenvalue weighted by molar-refractivity contribution is 5.78. The molecule has 5 N–H and O–H groups in total. The van der Waals surface area contributed by atoms with Crippen LogP contribution >= 0.6 is 0 Å². The number of benzene rings is 1. The van der Waals surface area contributed by atoms with Crippen molar-refractivity contribution in [3.63, 3.8) is 0 Å². The second-order valence-corrected chi connectivity index (χ2v) is 3.83. The van der Waals surface area contributed by atoms with E-state index in [9.17, 15) is 4.79 Å². The summed E-state index contributed by atoms with van der Waals surface area (Å²) in [7, 11) is 0. The first-order valence-electron chi connectivity index (χ1n) is 6.14. The van der Waals surface area contributed by atoms with Gasteiger partial charge >= 0.3 is 5.97 Å². The summed E-state index contributed by atoms with van der Waals surface area (Å²) in [6.45, 7) is 4.35. The van der Waals surface area contributed by atoms with Gasteiger partial charge in [-0.05, 0) is 31.5 Å². The number of hydrogen-bond donors (Lipinski definition) is 3. The Morgan fingerprint density at radius 3 is 2.00 bits per heavy atom. The van der Waals surface area contributed by atoms with E-state index in [1.807, 2.05) is 18.2 Å². The minimum absolute atomic E-state index is 0.693. The predicted molar refractivity (Wildman–Crippen MR) is 79.6 cm³/mol. The summed E-state index contributed by atoms with van der Waals surface area (Å²) >= 11 is 0. The van der Waals surface area contributed by atoms with Crippen molar-refractivity contribution in [3.8, 4) is 0 Å². The molecule has 4 heteroatoms. The van der Waals surface area contributed by atoms with Crippen molar-refractivity contribution >= 4 is 12.0 Å². The van der Waals surface area contributed by atoms with Crippen LogP contribution in [0.2, 0.25) is 0 Å². The van der Waals surface area contributed by atoms with Gasteiger partial charge in [0, 0.05) is 6.08 Å². The van der Waals surface area contributed by atoms with E-state index in [1.54, 1.807) is 0 Å². The zero-order valence-electron chi connectivity index (χ0n) is 11.1. The number of carboxylic acid groups (broad SMARTS) is 1. The highest BCUT2D eigenvalue weighted by atomic mass is 16.4. The van der Waals surface area contributed by atoms with Crippen LogP contribution in [0.3, 0.4) is 0 Å². The van der Waals surface area contributed by atoms with Crippen molar-refractivity contribution in [1.82, 2.24) is 0 Å². The maximum Gasteiger partial charge on any atom is 0.327 e. The van der Waals surface area contributed by atoms with Gasteiger partial charge < -0.3 is 16.6 Å². The quantitative estimate of drug-likeness (QED) is 0.684. The maximum atomic E-state index is 9.25. The Morgan fingerprint density at radius 2 is 1.63 bits per heavy atom. The molecule has 0 spiro atoms. The molecule has 0 aliphatic heterocycles. The molecule has 1 rings (SSSR count). The van der Waals surface area contributed by atoms with Crippen LogP contribution in [0.4, 0.5) is 0 Å². The lowest BCUT2D eigenvalue weighted by atomic mass is 10.1. The van der Waals surface area contributed by atoms with Crippen LogP contribution in [-0.2, 0) is 4.79 Å². The van der Waals surface area contributed by atoms with E-state index < -0.39 is 5.97 Å². The smallest absolute Gasteiger partial charge is 0.327 e. The molecule has 0 heterocycles. The number of carboxylic acids is 1. The number of nitrogens with two attached hydrogens (primary N) is 2. The van der Waals surface area contributed by atoms with Gasteiger partial charge in [-0.15, -0.1) is 0 Å². The molecule has 0 saturated heterocycles. The lowest BCUT2D eigenvalue weighted by molar-refractivity contribution is -0.131. The summed E-state index contributed by atoms with van der Waals surface area (Å²) in [5, 5.41) is 7.60. The topological polar surface area (TPSA) is 89.3 Å². The molecule has 0 saturated carbocycles. The van der Waals surface area contributed by atoms with E-state index in [-0.39, 0.29) is 0 Å². The highest BCUT2D eigenvalue weighted by Gasteiger charge is 1.95. The van der Waals surface area contributed by atoms with Crippen molar-refractivity contribution in [2.75, 3.05) is 13.1 Å². The standard InChI is InChI=1S/C12H18N2.C3H4O2/c13-8-6-12(7-9-14)10-11-4-2-1-3-5-11;1-2-3(4)5/h1-5,10H,6-9,13-14H2;2H,1H2,(H,4,5). The molecule has 1 aromatic rings. The SMILES string of the molecule is C=CC(=O)O.NCCC(=Cc1ccccc1)CCN. The van der Waals surface area contributed by atoms with Gasteiger partial charge in [-0.3, -0.25) is 0 Å². The van der Waals surface area contributed by atoms with E-state index in [0.29, 0.717) is 13.1 Å². The fraction of sp³-hybridized carbons (Fsp3) is 0.267. The summed E-state index contributed by atoms with van der Waals surface area (Å²) in [4.78, 5) is 9.25. The minimum atomic E-state index is -0.981. The fourth-order valence-electron chi connectivity index (χ4n) is 1.43. The van der Waals surface area contributed by atoms with Crippen LogP contribution in [0.5, 0.6) is 0 Å². The maximum absolute atomic E-state index is 9.25. The molecule has 0 aliphatic rings. The molecule has 4 nitrogen and oxygen atoms in total. The third-order valence-corrected chi connectivity index (χ3v) is 2.28. The lowest BCUT2D eigenvalue weighted by Crippen LogP contribution is -2.05. The average Bonchev–Trinajstić information content (AvgIpc) is 2.41. The number of hydrogen-bond acceptors (Lipinski definition) is 3. The summed E-state index contributed by atoms with van der Waals surface area (Å²) in [5.74, 6) is -0.981. The van der Waals surface area contributed by atoms with Crippen molar-refractivity contribution in [2.45, 2.75) is 12.8 Å². The normalized spacial score (nSPS) is 8.95. The van der Waals surface area contributed by atoms with Gasteiger partial charge in [-0.2, -0.15) is 0 Å². The number of carbonyl (C=O) groups is 1. The van der Waals surface area contributed by atoms with E-state index in [1.165, 1.54) is 11.1 Å². The zero-order chi connectivity index (χ0) is 14.5. The van der Waals surface area contributed by atoms with Gasteiger partial charge in [0.1, 0.15) is 0 Å². The molecular formula is C15H22N2O2. The molecule has 19 heavy (non-hydrogen) atoms. The summed E-state index contributed by atoms with van der Waals surface area (Å²) in [6.07, 6.45) is 4.89. The van der Waals surface area contributed by atoms with Crippen LogP contribution < -0.4 is 11.5 Å². The summed E-state index contributed by atoms with van der Waals surface area (Å²) < 4.78 is 0. The predicted octanol–water partition coefficient (Wildman–Crippen LogP) is 2.02. The van der Waals surface area contributed by atoms with E-state index >= 15 is 0 Å². The van der Waals surface area contributed by atoms with Crippen LogP contribution in [0.25, 0.3) is 6.08 Å². The lowest BCUT2D eigenvalue weighted by Gasteiger charge is -2.04. The first kappa shape index (κ1) is 17.1. The Balaban J connectivity index is 0.000000555. The van der Waals surface area contributed by atoms with Gasteiger partial charge in [0.15, 0.2) is 0 Å². The molecule has 0 atom stereocenters. The molecule has 1 aromatic carbocycles. The Hall–Kier alpha value is -1.91. The molecule has 0 unspecified atom stereocenters. The Bertz CT molecular complexity index is 392. The zero-order valence-corrected chi connectivity index (χ0v) is 11.1. The van der Waals surface area contributed by atoms with Crippen molar-refractivity contribution < 1.29 is 9.90 Å². The molecule has 0 amide bonds. The molecule has 0 aromatic heterocycles. The second kappa shape index (κ2) is 11.2. The third kappa shape index (κ3) is 9.76. The van der Waals surface area contributed by atoms with Crippen LogP contribution in [0.15, 0.2) is 48.6 Å². The molecule has 104 valence electrons. The third-order valence-electron chi connectivity index (χ3n) is 2.28. The Kier molecular flexibility index (Phi) is 10.1. The van der Waals surface area contributed by atoms with Gasteiger partial charge in [0.25, 0.3) is 0 Å². The second-order valence-electron chi connectivity index (χ2n) is 3.83. The van der Waals surface area contributed by atoms with Gasteiger partial charge in [-0.1, -0.05) is 48.6 Å². The van der Waals surface area contributed by atoms with E-state index in [2.05, 4.69) is 24.8 Å². The molecule has 0 bridgehead atoms. The monoisotopic (exact) mass is 262 g/mol. The van der Waals surface area contributed by atoms with Crippen molar-refractivity contribution in [2.24, 2.45) is 11.5 Å². The molecular weight excluding hydrogens is 240 g/mol. The van der Waals surface area contributed by atoms with Crippen molar-refractivity contribution in [1.29, 1.82) is 0 Å². The molecule has 0 aliphatic carbocycles. The Labute approximate surface area is 114 Å². The van der Waals surface area contributed by atoms with Crippen LogP contribution in [0.1, 0.15) is 18.4 Å². The van der Waals surface area contributed by atoms with E-state index in [4.69, 9.17) is 16.6 Å². The van der Waals surface area contributed by atoms with Crippen LogP contribution in [-0.4, -0.2) is 24.2 Å². The largest absolute Gasteiger partial charge is 0.478 e. The van der Waals surface area contributed by atoms with Gasteiger partial charge in [-0.25, -0.2) is 4.79 Å². The minimum Gasteiger partial charge on any atom is -0.478 e. The average molecular weight is 262 g/mol. The van der Waals surface area contributed by atoms with Crippen LogP contribution in [0, 0.1) is 0 Å². The highest BCUT2D eigenvalue weighted by Crippen LogP contribution is 2.11.